The third-order valence-electron chi connectivity index (χ3n) is 6.14. The number of aromatic hydroxyl groups is 1. The van der Waals surface area contributed by atoms with Crippen LogP contribution in [0, 0.1) is 0 Å². The lowest BCUT2D eigenvalue weighted by Crippen LogP contribution is -2.30. The standard InChI is InChI=1S/C29H22N4O5/c34-22(35)16-31-29(38)26-27(36)21-14-20(23(17-8-3-1-4-9-17)18-10-5-2-6-11-18)28(37)33-25(21)24(32-26)19-12-7-13-30-15-19/h1-15,23,36H,16H2,(H,31,38)(H,33,37)(H,34,35). The van der Waals surface area contributed by atoms with E-state index >= 15 is 0 Å². The fourth-order valence-electron chi connectivity index (χ4n) is 4.43. The van der Waals surface area contributed by atoms with Crippen LogP contribution in [0.3, 0.4) is 0 Å². The van der Waals surface area contributed by atoms with E-state index < -0.39 is 30.1 Å². The number of pyridine rings is 3. The molecule has 0 saturated carbocycles. The number of H-pyrrole nitrogens is 1. The smallest absolute Gasteiger partial charge is 0.322 e. The molecule has 0 aliphatic heterocycles. The predicted octanol–water partition coefficient (Wildman–Crippen LogP) is 3.69. The number of rotatable bonds is 7. The monoisotopic (exact) mass is 506 g/mol. The van der Waals surface area contributed by atoms with Crippen LogP contribution in [0.1, 0.15) is 33.1 Å². The first-order valence-electron chi connectivity index (χ1n) is 11.7. The van der Waals surface area contributed by atoms with Gasteiger partial charge in [-0.25, -0.2) is 4.98 Å². The summed E-state index contributed by atoms with van der Waals surface area (Å²) in [6, 6.07) is 23.9. The Kier molecular flexibility index (Phi) is 6.65. The molecule has 0 bridgehead atoms. The minimum atomic E-state index is -1.24. The molecule has 9 heteroatoms. The Morgan fingerprint density at radius 3 is 2.18 bits per heavy atom. The summed E-state index contributed by atoms with van der Waals surface area (Å²) in [6.07, 6.45) is 3.08. The number of nitrogens with one attached hydrogen (secondary N) is 2. The number of nitrogens with zero attached hydrogens (tertiary/aromatic N) is 2. The molecule has 1 amide bonds. The number of carbonyl (C=O) groups excluding carboxylic acids is 1. The number of hydrogen-bond acceptors (Lipinski definition) is 6. The summed E-state index contributed by atoms with van der Waals surface area (Å²) in [5.74, 6) is -3.06. The molecule has 5 aromatic rings. The second-order valence-electron chi connectivity index (χ2n) is 8.57. The maximum atomic E-state index is 13.6. The molecule has 0 radical (unpaired) electrons. The first kappa shape index (κ1) is 24.4. The van der Waals surface area contributed by atoms with Crippen molar-refractivity contribution in [3.8, 4) is 17.0 Å². The molecular formula is C29H22N4O5. The van der Waals surface area contributed by atoms with Crippen molar-refractivity contribution < 1.29 is 19.8 Å². The van der Waals surface area contributed by atoms with Gasteiger partial charge in [0, 0.05) is 34.8 Å². The third kappa shape index (κ3) is 4.72. The van der Waals surface area contributed by atoms with Crippen molar-refractivity contribution in [2.45, 2.75) is 5.92 Å². The van der Waals surface area contributed by atoms with Crippen molar-refractivity contribution in [1.82, 2.24) is 20.3 Å². The lowest BCUT2D eigenvalue weighted by molar-refractivity contribution is -0.135. The van der Waals surface area contributed by atoms with E-state index in [9.17, 15) is 19.5 Å². The molecule has 0 fully saturated rings. The van der Waals surface area contributed by atoms with Crippen molar-refractivity contribution >= 4 is 22.8 Å². The van der Waals surface area contributed by atoms with Crippen LogP contribution in [0.2, 0.25) is 0 Å². The molecule has 188 valence electrons. The van der Waals surface area contributed by atoms with Crippen LogP contribution in [0.25, 0.3) is 22.2 Å². The summed E-state index contributed by atoms with van der Waals surface area (Å²) in [4.78, 5) is 48.7. The maximum Gasteiger partial charge on any atom is 0.322 e. The second-order valence-corrected chi connectivity index (χ2v) is 8.57. The molecule has 38 heavy (non-hydrogen) atoms. The van der Waals surface area contributed by atoms with E-state index in [2.05, 4.69) is 20.3 Å². The van der Waals surface area contributed by atoms with Gasteiger partial charge in [-0.05, 0) is 29.3 Å². The van der Waals surface area contributed by atoms with Crippen LogP contribution in [-0.2, 0) is 4.79 Å². The average molecular weight is 507 g/mol. The largest absolute Gasteiger partial charge is 0.505 e. The predicted molar refractivity (Wildman–Crippen MR) is 141 cm³/mol. The molecule has 3 aromatic heterocycles. The zero-order valence-electron chi connectivity index (χ0n) is 20.0. The zero-order chi connectivity index (χ0) is 26.6. The summed E-state index contributed by atoms with van der Waals surface area (Å²) >= 11 is 0. The van der Waals surface area contributed by atoms with Gasteiger partial charge in [-0.15, -0.1) is 0 Å². The van der Waals surface area contributed by atoms with Gasteiger partial charge < -0.3 is 20.5 Å². The molecule has 0 aliphatic rings. The minimum absolute atomic E-state index is 0.186. The van der Waals surface area contributed by atoms with Crippen molar-refractivity contribution in [3.63, 3.8) is 0 Å². The lowest BCUT2D eigenvalue weighted by atomic mass is 9.85. The van der Waals surface area contributed by atoms with Gasteiger partial charge in [-0.3, -0.25) is 19.4 Å². The molecule has 0 atom stereocenters. The number of carbonyl (C=O) groups is 2. The summed E-state index contributed by atoms with van der Waals surface area (Å²) in [7, 11) is 0. The number of aromatic nitrogens is 3. The highest BCUT2D eigenvalue weighted by Crippen LogP contribution is 2.36. The van der Waals surface area contributed by atoms with Gasteiger partial charge in [0.2, 0.25) is 0 Å². The Labute approximate surface area is 216 Å². The Hall–Kier alpha value is -5.31. The highest BCUT2D eigenvalue weighted by Gasteiger charge is 2.25. The van der Waals surface area contributed by atoms with E-state index in [1.165, 1.54) is 6.20 Å². The van der Waals surface area contributed by atoms with E-state index in [1.807, 2.05) is 60.7 Å². The Morgan fingerprint density at radius 2 is 1.61 bits per heavy atom. The molecule has 3 heterocycles. The summed E-state index contributed by atoms with van der Waals surface area (Å²) in [6.45, 7) is -0.652. The first-order chi connectivity index (χ1) is 18.4. The molecule has 5 rings (SSSR count). The fraction of sp³-hybridized carbons (Fsp3) is 0.0690. The molecule has 0 aliphatic carbocycles. The van der Waals surface area contributed by atoms with Crippen molar-refractivity contribution in [3.05, 3.63) is 124 Å². The van der Waals surface area contributed by atoms with E-state index in [4.69, 9.17) is 5.11 Å². The number of hydrogen-bond donors (Lipinski definition) is 4. The van der Waals surface area contributed by atoms with Crippen LogP contribution < -0.4 is 10.9 Å². The molecule has 0 spiro atoms. The Bertz CT molecular complexity index is 1650. The van der Waals surface area contributed by atoms with Gasteiger partial charge in [-0.1, -0.05) is 60.7 Å². The Balaban J connectivity index is 1.79. The highest BCUT2D eigenvalue weighted by molar-refractivity contribution is 6.05. The quantitative estimate of drug-likeness (QED) is 0.263. The van der Waals surface area contributed by atoms with E-state index in [0.29, 0.717) is 11.1 Å². The number of benzene rings is 2. The van der Waals surface area contributed by atoms with E-state index in [0.717, 1.165) is 11.1 Å². The van der Waals surface area contributed by atoms with Crippen LogP contribution >= 0.6 is 0 Å². The third-order valence-corrected chi connectivity index (χ3v) is 6.14. The van der Waals surface area contributed by atoms with E-state index in [-0.39, 0.29) is 27.9 Å². The topological polar surface area (TPSA) is 145 Å². The number of aromatic amines is 1. The molecule has 4 N–H and O–H groups in total. The zero-order valence-corrected chi connectivity index (χ0v) is 20.0. The van der Waals surface area contributed by atoms with E-state index in [1.54, 1.807) is 24.4 Å². The molecule has 9 nitrogen and oxygen atoms in total. The van der Waals surface area contributed by atoms with Crippen LogP contribution in [0.4, 0.5) is 0 Å². The highest BCUT2D eigenvalue weighted by atomic mass is 16.4. The number of fused-ring (bicyclic) bond motifs is 1. The SMILES string of the molecule is O=C(O)CNC(=O)c1nc(-c2cccnc2)c2[nH]c(=O)c(C(c3ccccc3)c3ccccc3)cc2c1O. The molecule has 2 aromatic carbocycles. The molecule has 0 saturated heterocycles. The van der Waals surface area contributed by atoms with Gasteiger partial charge in [0.1, 0.15) is 6.54 Å². The Morgan fingerprint density at radius 1 is 0.947 bits per heavy atom. The summed E-state index contributed by atoms with van der Waals surface area (Å²) in [5, 5.41) is 22.6. The average Bonchev–Trinajstić information content (AvgIpc) is 2.94. The van der Waals surface area contributed by atoms with Crippen LogP contribution in [0.15, 0.2) is 96.1 Å². The van der Waals surface area contributed by atoms with Gasteiger partial charge in [0.25, 0.3) is 11.5 Å². The van der Waals surface area contributed by atoms with Gasteiger partial charge >= 0.3 is 5.97 Å². The van der Waals surface area contributed by atoms with Gasteiger partial charge in [0.05, 0.1) is 11.2 Å². The normalized spacial score (nSPS) is 11.0. The molecular weight excluding hydrogens is 484 g/mol. The van der Waals surface area contributed by atoms with Crippen molar-refractivity contribution in [2.24, 2.45) is 0 Å². The van der Waals surface area contributed by atoms with Crippen LogP contribution in [-0.4, -0.2) is 43.6 Å². The molecule has 0 unspecified atom stereocenters. The summed E-state index contributed by atoms with van der Waals surface area (Å²) in [5.41, 5.74) is 2.26. The number of carboxylic acid groups (broad SMARTS) is 1. The van der Waals surface area contributed by atoms with Crippen LogP contribution in [0.5, 0.6) is 5.75 Å². The number of amides is 1. The number of aliphatic carboxylic acids is 1. The minimum Gasteiger partial charge on any atom is -0.505 e. The van der Waals surface area contributed by atoms with Crippen molar-refractivity contribution in [1.29, 1.82) is 0 Å². The van der Waals surface area contributed by atoms with Crippen molar-refractivity contribution in [2.75, 3.05) is 6.54 Å². The maximum absolute atomic E-state index is 13.6. The summed E-state index contributed by atoms with van der Waals surface area (Å²) < 4.78 is 0. The fourth-order valence-corrected chi connectivity index (χ4v) is 4.43. The first-order valence-corrected chi connectivity index (χ1v) is 11.7. The lowest BCUT2D eigenvalue weighted by Gasteiger charge is -2.19. The van der Waals surface area contributed by atoms with Gasteiger partial charge in [-0.2, -0.15) is 0 Å². The second kappa shape index (κ2) is 10.4. The number of carboxylic acids is 1. The van der Waals surface area contributed by atoms with Gasteiger partial charge in [0.15, 0.2) is 11.4 Å².